The Morgan fingerprint density at radius 1 is 1.28 bits per heavy atom. The highest BCUT2D eigenvalue weighted by atomic mass is 15.2. The quantitative estimate of drug-likeness (QED) is 0.878. The van der Waals surface area contributed by atoms with Gasteiger partial charge in [-0.05, 0) is 44.5 Å². The van der Waals surface area contributed by atoms with Crippen molar-refractivity contribution < 1.29 is 0 Å². The highest BCUT2D eigenvalue weighted by Crippen LogP contribution is 2.22. The van der Waals surface area contributed by atoms with E-state index in [1.165, 1.54) is 10.9 Å². The first-order valence-corrected chi connectivity index (χ1v) is 6.57. The van der Waals surface area contributed by atoms with Crippen LogP contribution in [0.25, 0.3) is 10.9 Å². The molecule has 96 valence electrons. The Balaban J connectivity index is 2.39. The maximum atomic E-state index is 5.59. The van der Waals surface area contributed by atoms with Crippen molar-refractivity contribution in [2.75, 3.05) is 24.5 Å². The summed E-state index contributed by atoms with van der Waals surface area (Å²) in [6, 6.07) is 10.5. The van der Waals surface area contributed by atoms with E-state index in [-0.39, 0.29) is 0 Å². The summed E-state index contributed by atoms with van der Waals surface area (Å²) in [5.74, 6) is 1.09. The number of pyridine rings is 1. The standard InChI is InChI=1S/C15H21N3/c1-3-18(10-6-9-16)15-12(2)11-13-7-4-5-8-14(13)17-15/h4-5,7-8,11H,3,6,9-10,16H2,1-2H3. The van der Waals surface area contributed by atoms with E-state index in [2.05, 4.69) is 43.0 Å². The van der Waals surface area contributed by atoms with Gasteiger partial charge >= 0.3 is 0 Å². The third kappa shape index (κ3) is 2.62. The molecular formula is C15H21N3. The van der Waals surface area contributed by atoms with Crippen LogP contribution in [0.1, 0.15) is 18.9 Å². The number of para-hydroxylation sites is 1. The summed E-state index contributed by atoms with van der Waals surface area (Å²) in [5.41, 5.74) is 7.88. The van der Waals surface area contributed by atoms with Crippen molar-refractivity contribution in [2.45, 2.75) is 20.3 Å². The van der Waals surface area contributed by atoms with Crippen molar-refractivity contribution in [2.24, 2.45) is 5.73 Å². The van der Waals surface area contributed by atoms with Crippen molar-refractivity contribution >= 4 is 16.7 Å². The smallest absolute Gasteiger partial charge is 0.132 e. The number of nitrogens with two attached hydrogens (primary N) is 1. The first-order valence-electron chi connectivity index (χ1n) is 6.57. The zero-order valence-electron chi connectivity index (χ0n) is 11.2. The Hall–Kier alpha value is -1.61. The number of aryl methyl sites for hydroxylation is 1. The van der Waals surface area contributed by atoms with E-state index in [1.807, 2.05) is 6.07 Å². The highest BCUT2D eigenvalue weighted by Gasteiger charge is 2.09. The van der Waals surface area contributed by atoms with Gasteiger partial charge in [-0.25, -0.2) is 4.98 Å². The lowest BCUT2D eigenvalue weighted by Crippen LogP contribution is -2.27. The molecule has 18 heavy (non-hydrogen) atoms. The molecule has 1 aromatic carbocycles. The first-order chi connectivity index (χ1) is 8.76. The van der Waals surface area contributed by atoms with Gasteiger partial charge in [-0.3, -0.25) is 0 Å². The molecule has 1 aromatic heterocycles. The molecule has 0 fully saturated rings. The van der Waals surface area contributed by atoms with E-state index in [1.54, 1.807) is 0 Å². The van der Waals surface area contributed by atoms with E-state index >= 15 is 0 Å². The van der Waals surface area contributed by atoms with Gasteiger partial charge in [0.1, 0.15) is 5.82 Å². The second kappa shape index (κ2) is 5.83. The number of aromatic nitrogens is 1. The van der Waals surface area contributed by atoms with Crippen LogP contribution in [0.15, 0.2) is 30.3 Å². The summed E-state index contributed by atoms with van der Waals surface area (Å²) in [7, 11) is 0. The molecule has 2 aromatic rings. The van der Waals surface area contributed by atoms with Crippen LogP contribution in [0.3, 0.4) is 0 Å². The molecule has 2 rings (SSSR count). The summed E-state index contributed by atoms with van der Waals surface area (Å²) in [6.07, 6.45) is 1.00. The molecule has 3 nitrogen and oxygen atoms in total. The molecule has 1 heterocycles. The normalized spacial score (nSPS) is 10.8. The lowest BCUT2D eigenvalue weighted by atomic mass is 10.1. The Kier molecular flexibility index (Phi) is 4.15. The van der Waals surface area contributed by atoms with Crippen LogP contribution >= 0.6 is 0 Å². The number of rotatable bonds is 5. The Bertz CT molecular complexity index is 522. The fraction of sp³-hybridized carbons (Fsp3) is 0.400. The first kappa shape index (κ1) is 12.8. The predicted molar refractivity (Wildman–Crippen MR) is 78.0 cm³/mol. The monoisotopic (exact) mass is 243 g/mol. The van der Waals surface area contributed by atoms with E-state index < -0.39 is 0 Å². The fourth-order valence-electron chi connectivity index (χ4n) is 2.23. The lowest BCUT2D eigenvalue weighted by molar-refractivity contribution is 0.744. The molecule has 0 saturated carbocycles. The van der Waals surface area contributed by atoms with Crippen LogP contribution in [0.5, 0.6) is 0 Å². The molecular weight excluding hydrogens is 222 g/mol. The average Bonchev–Trinajstić information content (AvgIpc) is 2.40. The van der Waals surface area contributed by atoms with Crippen molar-refractivity contribution in [3.63, 3.8) is 0 Å². The maximum absolute atomic E-state index is 5.59. The lowest BCUT2D eigenvalue weighted by Gasteiger charge is -2.23. The van der Waals surface area contributed by atoms with Crippen LogP contribution in [-0.4, -0.2) is 24.6 Å². The number of anilines is 1. The molecule has 0 aliphatic rings. The summed E-state index contributed by atoms with van der Waals surface area (Å²) in [6.45, 7) is 6.95. The van der Waals surface area contributed by atoms with Crippen LogP contribution in [0.4, 0.5) is 5.82 Å². The third-order valence-electron chi connectivity index (χ3n) is 3.20. The zero-order valence-corrected chi connectivity index (χ0v) is 11.2. The molecule has 0 bridgehead atoms. The Labute approximate surface area is 109 Å². The van der Waals surface area contributed by atoms with Crippen LogP contribution < -0.4 is 10.6 Å². The van der Waals surface area contributed by atoms with Gasteiger partial charge in [0.05, 0.1) is 5.52 Å². The minimum Gasteiger partial charge on any atom is -0.357 e. The topological polar surface area (TPSA) is 42.1 Å². The van der Waals surface area contributed by atoms with Crippen molar-refractivity contribution in [1.82, 2.24) is 4.98 Å². The van der Waals surface area contributed by atoms with E-state index in [0.717, 1.165) is 37.4 Å². The van der Waals surface area contributed by atoms with Gasteiger partial charge < -0.3 is 10.6 Å². The van der Waals surface area contributed by atoms with E-state index in [0.29, 0.717) is 0 Å². The van der Waals surface area contributed by atoms with E-state index in [4.69, 9.17) is 10.7 Å². The molecule has 2 N–H and O–H groups in total. The molecule has 0 saturated heterocycles. The molecule has 0 aliphatic carbocycles. The maximum Gasteiger partial charge on any atom is 0.132 e. The van der Waals surface area contributed by atoms with Crippen LogP contribution in [0.2, 0.25) is 0 Å². The largest absolute Gasteiger partial charge is 0.357 e. The van der Waals surface area contributed by atoms with Gasteiger partial charge in [-0.2, -0.15) is 0 Å². The predicted octanol–water partition coefficient (Wildman–Crippen LogP) is 2.72. The SMILES string of the molecule is CCN(CCCN)c1nc2ccccc2cc1C. The highest BCUT2D eigenvalue weighted by molar-refractivity contribution is 5.81. The van der Waals surface area contributed by atoms with Gasteiger partial charge in [0, 0.05) is 18.5 Å². The van der Waals surface area contributed by atoms with E-state index in [9.17, 15) is 0 Å². The zero-order chi connectivity index (χ0) is 13.0. The van der Waals surface area contributed by atoms with Gasteiger partial charge in [0.15, 0.2) is 0 Å². The number of benzene rings is 1. The molecule has 3 heteroatoms. The second-order valence-electron chi connectivity index (χ2n) is 4.54. The molecule has 0 atom stereocenters. The Morgan fingerprint density at radius 3 is 2.78 bits per heavy atom. The summed E-state index contributed by atoms with van der Waals surface area (Å²) in [5, 5.41) is 1.20. The van der Waals surface area contributed by atoms with Gasteiger partial charge in [0.2, 0.25) is 0 Å². The van der Waals surface area contributed by atoms with Crippen LogP contribution in [0, 0.1) is 6.92 Å². The van der Waals surface area contributed by atoms with Crippen LogP contribution in [-0.2, 0) is 0 Å². The minimum atomic E-state index is 0.725. The summed E-state index contributed by atoms with van der Waals surface area (Å²) >= 11 is 0. The molecule has 0 amide bonds. The number of nitrogens with zero attached hydrogens (tertiary/aromatic N) is 2. The van der Waals surface area contributed by atoms with Crippen molar-refractivity contribution in [3.05, 3.63) is 35.9 Å². The Morgan fingerprint density at radius 2 is 2.06 bits per heavy atom. The molecule has 0 unspecified atom stereocenters. The van der Waals surface area contributed by atoms with Gasteiger partial charge in [-0.1, -0.05) is 18.2 Å². The summed E-state index contributed by atoms with van der Waals surface area (Å²) in [4.78, 5) is 7.08. The minimum absolute atomic E-state index is 0.725. The van der Waals surface area contributed by atoms with Gasteiger partial charge in [0.25, 0.3) is 0 Å². The number of fused-ring (bicyclic) bond motifs is 1. The second-order valence-corrected chi connectivity index (χ2v) is 4.54. The number of hydrogen-bond donors (Lipinski definition) is 1. The van der Waals surface area contributed by atoms with Crippen molar-refractivity contribution in [3.8, 4) is 0 Å². The third-order valence-corrected chi connectivity index (χ3v) is 3.20. The average molecular weight is 243 g/mol. The van der Waals surface area contributed by atoms with Crippen molar-refractivity contribution in [1.29, 1.82) is 0 Å². The number of hydrogen-bond acceptors (Lipinski definition) is 3. The van der Waals surface area contributed by atoms with Gasteiger partial charge in [-0.15, -0.1) is 0 Å². The molecule has 0 spiro atoms. The fourth-order valence-corrected chi connectivity index (χ4v) is 2.23. The summed E-state index contributed by atoms with van der Waals surface area (Å²) < 4.78 is 0. The molecule has 0 radical (unpaired) electrons. The molecule has 0 aliphatic heterocycles.